The summed E-state index contributed by atoms with van der Waals surface area (Å²) in [7, 11) is 0. The molecule has 2 atom stereocenters. The third kappa shape index (κ3) is 3.30. The summed E-state index contributed by atoms with van der Waals surface area (Å²) >= 11 is 6.74. The van der Waals surface area contributed by atoms with Gasteiger partial charge in [0.05, 0.1) is 18.4 Å². The predicted molar refractivity (Wildman–Crippen MR) is 102 cm³/mol. The summed E-state index contributed by atoms with van der Waals surface area (Å²) in [5.74, 6) is 0.822. The van der Waals surface area contributed by atoms with E-state index in [1.165, 1.54) is 11.1 Å². The molecular weight excluding hydrogens is 348 g/mol. The molecule has 0 saturated carbocycles. The smallest absolute Gasteiger partial charge is 0.148 e. The maximum atomic E-state index is 6.74. The van der Waals surface area contributed by atoms with Crippen LogP contribution in [-0.2, 0) is 0 Å². The number of nitrogens with zero attached hydrogens (tertiary/aromatic N) is 5. The van der Waals surface area contributed by atoms with Crippen LogP contribution in [0.2, 0.25) is 0 Å². The Labute approximate surface area is 157 Å². The van der Waals surface area contributed by atoms with Crippen LogP contribution >= 0.6 is 11.6 Å². The molecule has 26 heavy (non-hydrogen) atoms. The van der Waals surface area contributed by atoms with Crippen molar-refractivity contribution in [2.24, 2.45) is 0 Å². The molecule has 3 heterocycles. The first kappa shape index (κ1) is 17.0. The van der Waals surface area contributed by atoms with Gasteiger partial charge in [-0.1, -0.05) is 41.9 Å². The standard InChI is InChI=1S/C19H21ClN6/c1-14-16(11-23-24-14)19(15-5-3-2-4-6-15)25-9-10-26(17(20)13-25)18-12-21-7-8-22-18/h2-8,11-12,17,19H,9-10,13H2,1H3,(H,23,24). The normalized spacial score (nSPS) is 19.5. The molecule has 0 spiro atoms. The van der Waals surface area contributed by atoms with Gasteiger partial charge in [-0.3, -0.25) is 15.0 Å². The number of rotatable bonds is 4. The molecule has 1 saturated heterocycles. The van der Waals surface area contributed by atoms with Gasteiger partial charge >= 0.3 is 0 Å². The van der Waals surface area contributed by atoms with Crippen molar-refractivity contribution in [1.82, 2.24) is 25.1 Å². The molecule has 0 bridgehead atoms. The molecule has 1 aliphatic rings. The molecule has 1 fully saturated rings. The molecule has 7 heteroatoms. The molecule has 4 rings (SSSR count). The third-order valence-electron chi connectivity index (χ3n) is 4.84. The van der Waals surface area contributed by atoms with Gasteiger partial charge in [0.1, 0.15) is 11.3 Å². The zero-order valence-corrected chi connectivity index (χ0v) is 15.3. The van der Waals surface area contributed by atoms with Crippen molar-refractivity contribution in [2.75, 3.05) is 24.5 Å². The Kier molecular flexibility index (Phi) is 4.86. The molecule has 2 aromatic heterocycles. The highest BCUT2D eigenvalue weighted by Gasteiger charge is 2.33. The average molecular weight is 369 g/mol. The van der Waals surface area contributed by atoms with Crippen molar-refractivity contribution >= 4 is 17.4 Å². The Balaban J connectivity index is 1.61. The molecule has 3 aromatic rings. The number of aromatic nitrogens is 4. The minimum Gasteiger partial charge on any atom is -0.336 e. The third-order valence-corrected chi connectivity index (χ3v) is 5.21. The quantitative estimate of drug-likeness (QED) is 0.566. The van der Waals surface area contributed by atoms with Gasteiger partial charge in [-0.25, -0.2) is 4.98 Å². The van der Waals surface area contributed by atoms with E-state index < -0.39 is 0 Å². The first-order chi connectivity index (χ1) is 12.7. The van der Waals surface area contributed by atoms with Crippen LogP contribution in [-0.4, -0.2) is 50.2 Å². The predicted octanol–water partition coefficient (Wildman–Crippen LogP) is 2.98. The summed E-state index contributed by atoms with van der Waals surface area (Å²) in [5, 5.41) is 7.30. The number of H-pyrrole nitrogens is 1. The summed E-state index contributed by atoms with van der Waals surface area (Å²) in [6.45, 7) is 4.46. The van der Waals surface area contributed by atoms with E-state index >= 15 is 0 Å². The van der Waals surface area contributed by atoms with Gasteiger partial charge < -0.3 is 4.90 Å². The van der Waals surface area contributed by atoms with Crippen molar-refractivity contribution in [3.8, 4) is 0 Å². The molecule has 134 valence electrons. The highest BCUT2D eigenvalue weighted by Crippen LogP contribution is 2.33. The lowest BCUT2D eigenvalue weighted by Crippen LogP contribution is -2.52. The number of halogens is 1. The van der Waals surface area contributed by atoms with E-state index in [0.717, 1.165) is 31.1 Å². The summed E-state index contributed by atoms with van der Waals surface area (Å²) in [6, 6.07) is 10.6. The first-order valence-corrected chi connectivity index (χ1v) is 9.13. The summed E-state index contributed by atoms with van der Waals surface area (Å²) < 4.78 is 0. The van der Waals surface area contributed by atoms with Gasteiger partial charge in [-0.05, 0) is 12.5 Å². The van der Waals surface area contributed by atoms with Crippen LogP contribution in [0, 0.1) is 6.92 Å². The van der Waals surface area contributed by atoms with Crippen molar-refractivity contribution < 1.29 is 0 Å². The molecule has 1 aliphatic heterocycles. The zero-order valence-electron chi connectivity index (χ0n) is 14.6. The Morgan fingerprint density at radius 1 is 1.15 bits per heavy atom. The van der Waals surface area contributed by atoms with E-state index in [1.54, 1.807) is 18.6 Å². The minimum absolute atomic E-state index is 0.125. The van der Waals surface area contributed by atoms with Crippen LogP contribution in [0.3, 0.4) is 0 Å². The van der Waals surface area contributed by atoms with Gasteiger partial charge in [0.15, 0.2) is 0 Å². The number of nitrogens with one attached hydrogen (secondary N) is 1. The van der Waals surface area contributed by atoms with E-state index in [4.69, 9.17) is 11.6 Å². The van der Waals surface area contributed by atoms with Gasteiger partial charge in [0.2, 0.25) is 0 Å². The van der Waals surface area contributed by atoms with Crippen molar-refractivity contribution in [2.45, 2.75) is 18.5 Å². The number of piperazine rings is 1. The van der Waals surface area contributed by atoms with E-state index in [-0.39, 0.29) is 11.5 Å². The van der Waals surface area contributed by atoms with Gasteiger partial charge in [-0.2, -0.15) is 5.10 Å². The Morgan fingerprint density at radius 3 is 2.65 bits per heavy atom. The van der Waals surface area contributed by atoms with E-state index in [9.17, 15) is 0 Å². The van der Waals surface area contributed by atoms with Gasteiger partial charge in [0, 0.05) is 43.3 Å². The lowest BCUT2D eigenvalue weighted by atomic mass is 9.97. The Morgan fingerprint density at radius 2 is 2.00 bits per heavy atom. The number of alkyl halides is 1. The maximum absolute atomic E-state index is 6.74. The maximum Gasteiger partial charge on any atom is 0.148 e. The zero-order chi connectivity index (χ0) is 17.9. The molecule has 1 aromatic carbocycles. The molecular formula is C19H21ClN6. The minimum atomic E-state index is -0.168. The number of hydrogen-bond acceptors (Lipinski definition) is 5. The highest BCUT2D eigenvalue weighted by atomic mass is 35.5. The van der Waals surface area contributed by atoms with Crippen molar-refractivity contribution in [1.29, 1.82) is 0 Å². The van der Waals surface area contributed by atoms with E-state index in [0.29, 0.717) is 0 Å². The van der Waals surface area contributed by atoms with Gasteiger partial charge in [-0.15, -0.1) is 0 Å². The number of aryl methyl sites for hydroxylation is 1. The lowest BCUT2D eigenvalue weighted by molar-refractivity contribution is 0.202. The van der Waals surface area contributed by atoms with E-state index in [2.05, 4.69) is 61.2 Å². The highest BCUT2D eigenvalue weighted by molar-refractivity contribution is 6.22. The summed E-state index contributed by atoms with van der Waals surface area (Å²) in [5.41, 5.74) is 3.35. The molecule has 2 unspecified atom stereocenters. The second-order valence-corrected chi connectivity index (χ2v) is 6.95. The SMILES string of the molecule is Cc1[nH]ncc1C(c1ccccc1)N1CCN(c2cnccn2)C(Cl)C1. The first-order valence-electron chi connectivity index (χ1n) is 8.69. The average Bonchev–Trinajstić information content (AvgIpc) is 3.09. The number of hydrogen-bond donors (Lipinski definition) is 1. The van der Waals surface area contributed by atoms with Crippen LogP contribution in [0.25, 0.3) is 0 Å². The fourth-order valence-corrected chi connectivity index (χ4v) is 3.92. The fraction of sp³-hybridized carbons (Fsp3) is 0.316. The Hall–Kier alpha value is -2.44. The van der Waals surface area contributed by atoms with Crippen LogP contribution in [0.5, 0.6) is 0 Å². The van der Waals surface area contributed by atoms with Crippen molar-refractivity contribution in [3.63, 3.8) is 0 Å². The summed E-state index contributed by atoms with van der Waals surface area (Å²) in [4.78, 5) is 13.1. The lowest BCUT2D eigenvalue weighted by Gasteiger charge is -2.42. The van der Waals surface area contributed by atoms with Crippen LogP contribution in [0.4, 0.5) is 5.82 Å². The molecule has 0 aliphatic carbocycles. The molecule has 0 radical (unpaired) electrons. The van der Waals surface area contributed by atoms with E-state index in [1.807, 2.05) is 12.3 Å². The van der Waals surface area contributed by atoms with Crippen LogP contribution in [0.1, 0.15) is 22.9 Å². The number of aromatic amines is 1. The monoisotopic (exact) mass is 368 g/mol. The van der Waals surface area contributed by atoms with Crippen molar-refractivity contribution in [3.05, 3.63) is 71.9 Å². The van der Waals surface area contributed by atoms with Gasteiger partial charge in [0.25, 0.3) is 0 Å². The number of anilines is 1. The van der Waals surface area contributed by atoms with Crippen LogP contribution in [0.15, 0.2) is 55.1 Å². The molecule has 1 N–H and O–H groups in total. The fourth-order valence-electron chi connectivity index (χ4n) is 3.55. The van der Waals surface area contributed by atoms with Crippen LogP contribution < -0.4 is 4.90 Å². The molecule has 6 nitrogen and oxygen atoms in total. The second-order valence-electron chi connectivity index (χ2n) is 6.45. The summed E-state index contributed by atoms with van der Waals surface area (Å²) in [6.07, 6.45) is 7.06. The molecule has 0 amide bonds. The second kappa shape index (κ2) is 7.43. The topological polar surface area (TPSA) is 60.9 Å². The Bertz CT molecular complexity index is 838. The largest absolute Gasteiger partial charge is 0.336 e. The number of benzene rings is 1.